The van der Waals surface area contributed by atoms with Gasteiger partial charge in [-0.1, -0.05) is 42.1 Å². The number of hydrogen-bond donors (Lipinski definition) is 1. The lowest BCUT2D eigenvalue weighted by molar-refractivity contribution is -0.117. The zero-order valence-electron chi connectivity index (χ0n) is 15.1. The molecule has 0 spiro atoms. The zero-order chi connectivity index (χ0) is 19.0. The molecule has 0 fully saturated rings. The third kappa shape index (κ3) is 3.53. The third-order valence-electron chi connectivity index (χ3n) is 4.91. The second-order valence-electron chi connectivity index (χ2n) is 6.82. The van der Waals surface area contributed by atoms with Gasteiger partial charge in [-0.05, 0) is 43.7 Å². The van der Waals surface area contributed by atoms with Gasteiger partial charge in [0.15, 0.2) is 5.16 Å². The maximum Gasteiger partial charge on any atom is 0.263 e. The molecule has 0 unspecified atom stereocenters. The number of fused-ring (bicyclic) bond motifs is 3. The predicted octanol–water partition coefficient (Wildman–Crippen LogP) is 3.35. The summed E-state index contributed by atoms with van der Waals surface area (Å²) in [4.78, 5) is 31.9. The van der Waals surface area contributed by atoms with Crippen LogP contribution in [0.1, 0.15) is 35.8 Å². The number of aromatic nitrogens is 2. The van der Waals surface area contributed by atoms with Gasteiger partial charge in [-0.3, -0.25) is 14.2 Å². The average molecular weight is 400 g/mol. The topological polar surface area (TPSA) is 78.0 Å². The Balaban J connectivity index is 1.89. The smallest absolute Gasteiger partial charge is 0.263 e. The minimum atomic E-state index is -0.453. The molecule has 2 heterocycles. The number of hydrogen-bond acceptors (Lipinski definition) is 5. The molecule has 0 bridgehead atoms. The van der Waals surface area contributed by atoms with Crippen molar-refractivity contribution in [1.82, 2.24) is 9.55 Å². The van der Waals surface area contributed by atoms with Gasteiger partial charge in [0.25, 0.3) is 5.56 Å². The predicted molar refractivity (Wildman–Crippen MR) is 111 cm³/mol. The van der Waals surface area contributed by atoms with Crippen LogP contribution >= 0.6 is 23.1 Å². The molecule has 2 N–H and O–H groups in total. The van der Waals surface area contributed by atoms with Crippen LogP contribution in [0, 0.1) is 0 Å². The van der Waals surface area contributed by atoms with Crippen LogP contribution < -0.4 is 11.3 Å². The highest BCUT2D eigenvalue weighted by molar-refractivity contribution is 8.00. The maximum atomic E-state index is 13.4. The molecule has 0 radical (unpaired) electrons. The number of thiophene rings is 1. The van der Waals surface area contributed by atoms with Crippen LogP contribution in [0.15, 0.2) is 40.3 Å². The maximum absolute atomic E-state index is 13.4. The van der Waals surface area contributed by atoms with Crippen molar-refractivity contribution in [3.8, 4) is 0 Å². The fourth-order valence-electron chi connectivity index (χ4n) is 3.43. The summed E-state index contributed by atoms with van der Waals surface area (Å²) in [6, 6.07) is 9.85. The van der Waals surface area contributed by atoms with Crippen molar-refractivity contribution in [2.24, 2.45) is 5.73 Å². The van der Waals surface area contributed by atoms with E-state index in [-0.39, 0.29) is 5.56 Å². The van der Waals surface area contributed by atoms with Gasteiger partial charge in [-0.2, -0.15) is 0 Å². The van der Waals surface area contributed by atoms with Crippen LogP contribution in [-0.4, -0.2) is 20.7 Å². The molecule has 5 nitrogen and oxygen atoms in total. The highest BCUT2D eigenvalue weighted by Crippen LogP contribution is 2.35. The van der Waals surface area contributed by atoms with Crippen molar-refractivity contribution < 1.29 is 4.79 Å². The lowest BCUT2D eigenvalue weighted by Crippen LogP contribution is -2.27. The fraction of sp³-hybridized carbons (Fsp3) is 0.350. The number of amides is 1. The number of thioether (sulfide) groups is 1. The van der Waals surface area contributed by atoms with Crippen molar-refractivity contribution in [3.63, 3.8) is 0 Å². The number of nitrogens with two attached hydrogens (primary N) is 1. The Kier molecular flexibility index (Phi) is 5.06. The van der Waals surface area contributed by atoms with Crippen molar-refractivity contribution in [2.45, 2.75) is 49.6 Å². The quantitative estimate of drug-likeness (QED) is 0.527. The molecule has 0 saturated heterocycles. The molecule has 140 valence electrons. The number of carbonyl (C=O) groups excluding carboxylic acids is 1. The van der Waals surface area contributed by atoms with Crippen LogP contribution in [0.3, 0.4) is 0 Å². The van der Waals surface area contributed by atoms with Gasteiger partial charge < -0.3 is 5.73 Å². The molecule has 1 atom stereocenters. The van der Waals surface area contributed by atoms with Gasteiger partial charge in [0.05, 0.1) is 17.2 Å². The molecular formula is C20H21N3O2S2. The minimum absolute atomic E-state index is 0.0116. The summed E-state index contributed by atoms with van der Waals surface area (Å²) in [6.07, 6.45) is 4.25. The number of aryl methyl sites for hydroxylation is 2. The fourth-order valence-corrected chi connectivity index (χ4v) is 5.59. The molecule has 4 rings (SSSR count). The van der Waals surface area contributed by atoms with E-state index in [1.807, 2.05) is 30.3 Å². The van der Waals surface area contributed by atoms with E-state index in [2.05, 4.69) is 0 Å². The summed E-state index contributed by atoms with van der Waals surface area (Å²) in [5.74, 6) is -0.411. The van der Waals surface area contributed by atoms with Gasteiger partial charge >= 0.3 is 0 Å². The highest BCUT2D eigenvalue weighted by Gasteiger charge is 2.23. The first-order valence-corrected chi connectivity index (χ1v) is 10.8. The van der Waals surface area contributed by atoms with Crippen LogP contribution in [0.4, 0.5) is 0 Å². The largest absolute Gasteiger partial charge is 0.369 e. The first-order valence-electron chi connectivity index (χ1n) is 9.09. The first-order chi connectivity index (χ1) is 13.0. The van der Waals surface area contributed by atoms with E-state index in [0.29, 0.717) is 11.7 Å². The van der Waals surface area contributed by atoms with Crippen molar-refractivity contribution in [3.05, 3.63) is 56.7 Å². The number of rotatable bonds is 5. The van der Waals surface area contributed by atoms with E-state index in [1.54, 1.807) is 22.8 Å². The second kappa shape index (κ2) is 7.48. The Labute approximate surface area is 165 Å². The Hall–Kier alpha value is -2.12. The number of benzene rings is 1. The normalized spacial score (nSPS) is 14.9. The molecule has 1 aromatic carbocycles. The highest BCUT2D eigenvalue weighted by atomic mass is 32.2. The standard InChI is InChI=1S/C20H21N3O2S2/c1-12(17(21)24)26-20-22-18-16(14-9-5-6-10-15(14)27-18)19(25)23(20)11-13-7-3-2-4-8-13/h2-4,7-8,12H,5-6,9-11H2,1H3,(H2,21,24)/t12-/m0/s1. The Bertz CT molecular complexity index is 1060. The molecule has 1 aliphatic rings. The first kappa shape index (κ1) is 18.3. The summed E-state index contributed by atoms with van der Waals surface area (Å²) in [5.41, 5.74) is 7.64. The summed E-state index contributed by atoms with van der Waals surface area (Å²) < 4.78 is 1.70. The van der Waals surface area contributed by atoms with Crippen LogP contribution in [0.2, 0.25) is 0 Å². The lowest BCUT2D eigenvalue weighted by atomic mass is 9.97. The SMILES string of the molecule is C[C@H](Sc1nc2sc3c(c2c(=O)n1Cc1ccccc1)CCCC3)C(N)=O. The summed E-state index contributed by atoms with van der Waals surface area (Å²) >= 11 is 2.88. The molecule has 1 amide bonds. The lowest BCUT2D eigenvalue weighted by Gasteiger charge is -2.15. The van der Waals surface area contributed by atoms with Gasteiger partial charge in [0.1, 0.15) is 4.83 Å². The van der Waals surface area contributed by atoms with Gasteiger partial charge in [-0.25, -0.2) is 4.98 Å². The molecule has 0 saturated carbocycles. The van der Waals surface area contributed by atoms with E-state index < -0.39 is 11.2 Å². The average Bonchev–Trinajstić information content (AvgIpc) is 3.04. The molecule has 27 heavy (non-hydrogen) atoms. The van der Waals surface area contributed by atoms with Crippen molar-refractivity contribution in [1.29, 1.82) is 0 Å². The van der Waals surface area contributed by atoms with Crippen LogP contribution in [0.25, 0.3) is 10.2 Å². The van der Waals surface area contributed by atoms with E-state index in [1.165, 1.54) is 28.6 Å². The van der Waals surface area contributed by atoms with Crippen molar-refractivity contribution >= 4 is 39.2 Å². The van der Waals surface area contributed by atoms with Gasteiger partial charge in [0.2, 0.25) is 5.91 Å². The number of carbonyl (C=O) groups is 1. The van der Waals surface area contributed by atoms with Crippen LogP contribution in [0.5, 0.6) is 0 Å². The molecule has 0 aliphatic heterocycles. The molecular weight excluding hydrogens is 378 g/mol. The van der Waals surface area contributed by atoms with Crippen LogP contribution in [-0.2, 0) is 24.2 Å². The monoisotopic (exact) mass is 399 g/mol. The molecule has 1 aliphatic carbocycles. The number of nitrogens with zero attached hydrogens (tertiary/aromatic N) is 2. The summed E-state index contributed by atoms with van der Waals surface area (Å²) in [7, 11) is 0. The van der Waals surface area contributed by atoms with Gasteiger partial charge in [0, 0.05) is 4.88 Å². The minimum Gasteiger partial charge on any atom is -0.369 e. The van der Waals surface area contributed by atoms with E-state index in [4.69, 9.17) is 10.7 Å². The van der Waals surface area contributed by atoms with Crippen molar-refractivity contribution in [2.75, 3.05) is 0 Å². The van der Waals surface area contributed by atoms with E-state index in [9.17, 15) is 9.59 Å². The van der Waals surface area contributed by atoms with E-state index in [0.717, 1.165) is 35.0 Å². The molecule has 7 heteroatoms. The zero-order valence-corrected chi connectivity index (χ0v) is 16.7. The third-order valence-corrected chi connectivity index (χ3v) is 7.20. The Morgan fingerprint density at radius 3 is 2.78 bits per heavy atom. The molecule has 3 aromatic rings. The van der Waals surface area contributed by atoms with E-state index >= 15 is 0 Å². The summed E-state index contributed by atoms with van der Waals surface area (Å²) in [5, 5.41) is 0.869. The second-order valence-corrected chi connectivity index (χ2v) is 9.22. The summed E-state index contributed by atoms with van der Waals surface area (Å²) in [6.45, 7) is 2.18. The Morgan fingerprint density at radius 2 is 2.04 bits per heavy atom. The Morgan fingerprint density at radius 1 is 1.30 bits per heavy atom. The van der Waals surface area contributed by atoms with Gasteiger partial charge in [-0.15, -0.1) is 11.3 Å². The number of primary amides is 1. The molecule has 2 aromatic heterocycles.